The Balaban J connectivity index is 1.51. The molecule has 0 aliphatic heterocycles. The summed E-state index contributed by atoms with van der Waals surface area (Å²) in [5.74, 6) is 3.12. The lowest BCUT2D eigenvalue weighted by atomic mass is 10.2. The first kappa shape index (κ1) is 17.7. The van der Waals surface area contributed by atoms with E-state index in [4.69, 9.17) is 14.2 Å². The van der Waals surface area contributed by atoms with E-state index in [1.165, 1.54) is 0 Å². The molecule has 4 nitrogen and oxygen atoms in total. The minimum absolute atomic E-state index is 0.00783. The van der Waals surface area contributed by atoms with Crippen LogP contribution in [0.1, 0.15) is 6.92 Å². The lowest BCUT2D eigenvalue weighted by Gasteiger charge is -2.18. The number of anilines is 1. The number of methoxy groups -OCH3 is 1. The normalized spacial score (nSPS) is 11.5. The maximum atomic E-state index is 5.95. The van der Waals surface area contributed by atoms with E-state index < -0.39 is 0 Å². The van der Waals surface area contributed by atoms with Crippen molar-refractivity contribution in [1.82, 2.24) is 0 Å². The summed E-state index contributed by atoms with van der Waals surface area (Å²) in [4.78, 5) is 0. The lowest BCUT2D eigenvalue weighted by molar-refractivity contribution is 0.223. The maximum absolute atomic E-state index is 5.95. The summed E-state index contributed by atoms with van der Waals surface area (Å²) < 4.78 is 17.1. The molecule has 3 rings (SSSR count). The molecule has 26 heavy (non-hydrogen) atoms. The Hall–Kier alpha value is -3.14. The maximum Gasteiger partial charge on any atom is 0.161 e. The molecule has 0 bridgehead atoms. The number of nitrogens with one attached hydrogen (secondary N) is 1. The van der Waals surface area contributed by atoms with Crippen molar-refractivity contribution in [2.24, 2.45) is 0 Å². The van der Waals surface area contributed by atoms with Crippen molar-refractivity contribution in [1.29, 1.82) is 0 Å². The van der Waals surface area contributed by atoms with Crippen LogP contribution in [0.15, 0.2) is 78.9 Å². The van der Waals surface area contributed by atoms with Gasteiger partial charge in [0.05, 0.1) is 13.7 Å². The van der Waals surface area contributed by atoms with Crippen molar-refractivity contribution < 1.29 is 14.2 Å². The molecule has 0 saturated carbocycles. The molecule has 0 radical (unpaired) electrons. The molecule has 134 valence electrons. The number of hydrogen-bond acceptors (Lipinski definition) is 4. The van der Waals surface area contributed by atoms with Gasteiger partial charge in [-0.1, -0.05) is 30.3 Å². The highest BCUT2D eigenvalue weighted by Crippen LogP contribution is 2.27. The molecular weight excluding hydrogens is 326 g/mol. The molecule has 0 spiro atoms. The van der Waals surface area contributed by atoms with Crippen LogP contribution >= 0.6 is 0 Å². The van der Waals surface area contributed by atoms with Crippen LogP contribution in [0, 0.1) is 0 Å². The molecule has 4 heteroatoms. The standard InChI is InChI=1S/C22H23NO3/c1-17(25-22-11-7-6-10-21(22)24-2)16-23-18-12-14-20(15-13-18)26-19-8-4-3-5-9-19/h3-15,17,23H,16H2,1-2H3. The van der Waals surface area contributed by atoms with E-state index in [1.807, 2.05) is 85.8 Å². The van der Waals surface area contributed by atoms with E-state index in [0.29, 0.717) is 6.54 Å². The lowest BCUT2D eigenvalue weighted by Crippen LogP contribution is -2.22. The summed E-state index contributed by atoms with van der Waals surface area (Å²) in [6, 6.07) is 25.3. The summed E-state index contributed by atoms with van der Waals surface area (Å²) in [5, 5.41) is 3.37. The molecule has 0 aliphatic rings. The van der Waals surface area contributed by atoms with Gasteiger partial charge in [0.25, 0.3) is 0 Å². The van der Waals surface area contributed by atoms with Crippen LogP contribution in [0.4, 0.5) is 5.69 Å². The van der Waals surface area contributed by atoms with Crippen LogP contribution in [0.25, 0.3) is 0 Å². The van der Waals surface area contributed by atoms with Crippen LogP contribution in [0.5, 0.6) is 23.0 Å². The van der Waals surface area contributed by atoms with Gasteiger partial charge in [0.1, 0.15) is 17.6 Å². The van der Waals surface area contributed by atoms with Crippen LogP contribution in [0.2, 0.25) is 0 Å². The summed E-state index contributed by atoms with van der Waals surface area (Å²) in [5.41, 5.74) is 1.01. The minimum atomic E-state index is -0.00783. The van der Waals surface area contributed by atoms with Gasteiger partial charge in [0.15, 0.2) is 11.5 Å². The molecular formula is C22H23NO3. The quantitative estimate of drug-likeness (QED) is 0.594. The zero-order valence-electron chi connectivity index (χ0n) is 15.0. The van der Waals surface area contributed by atoms with Gasteiger partial charge < -0.3 is 19.5 Å². The summed E-state index contributed by atoms with van der Waals surface area (Å²) in [6.07, 6.45) is -0.00783. The minimum Gasteiger partial charge on any atom is -0.493 e. The molecule has 0 fully saturated rings. The van der Waals surface area contributed by atoms with Gasteiger partial charge in [-0.2, -0.15) is 0 Å². The van der Waals surface area contributed by atoms with Crippen molar-refractivity contribution in [3.05, 3.63) is 78.9 Å². The molecule has 1 N–H and O–H groups in total. The second-order valence-electron chi connectivity index (χ2n) is 5.90. The van der Waals surface area contributed by atoms with E-state index in [2.05, 4.69) is 5.32 Å². The first-order chi connectivity index (χ1) is 12.7. The highest BCUT2D eigenvalue weighted by Gasteiger charge is 2.08. The summed E-state index contributed by atoms with van der Waals surface area (Å²) >= 11 is 0. The van der Waals surface area contributed by atoms with Gasteiger partial charge in [-0.15, -0.1) is 0 Å². The van der Waals surface area contributed by atoms with E-state index >= 15 is 0 Å². The summed E-state index contributed by atoms with van der Waals surface area (Å²) in [6.45, 7) is 2.70. The van der Waals surface area contributed by atoms with Crippen molar-refractivity contribution in [3.63, 3.8) is 0 Å². The van der Waals surface area contributed by atoms with Crippen LogP contribution < -0.4 is 19.5 Å². The van der Waals surface area contributed by atoms with E-state index in [-0.39, 0.29) is 6.10 Å². The van der Waals surface area contributed by atoms with Gasteiger partial charge in [-0.05, 0) is 55.5 Å². The SMILES string of the molecule is COc1ccccc1OC(C)CNc1ccc(Oc2ccccc2)cc1. The van der Waals surface area contributed by atoms with Crippen molar-refractivity contribution in [3.8, 4) is 23.0 Å². The van der Waals surface area contributed by atoms with Gasteiger partial charge in [0.2, 0.25) is 0 Å². The molecule has 0 saturated heterocycles. The second kappa shape index (κ2) is 8.81. The Labute approximate surface area is 154 Å². The fraction of sp³-hybridized carbons (Fsp3) is 0.182. The average molecular weight is 349 g/mol. The van der Waals surface area contributed by atoms with Crippen LogP contribution in [-0.4, -0.2) is 19.8 Å². The first-order valence-corrected chi connectivity index (χ1v) is 8.61. The molecule has 1 atom stereocenters. The molecule has 0 aromatic heterocycles. The topological polar surface area (TPSA) is 39.7 Å². The third-order valence-corrected chi connectivity index (χ3v) is 3.82. The highest BCUT2D eigenvalue weighted by molar-refractivity contribution is 5.47. The van der Waals surface area contributed by atoms with E-state index in [1.54, 1.807) is 7.11 Å². The number of benzene rings is 3. The third-order valence-electron chi connectivity index (χ3n) is 3.82. The van der Waals surface area contributed by atoms with Crippen molar-refractivity contribution >= 4 is 5.69 Å². The number of rotatable bonds is 8. The van der Waals surface area contributed by atoms with E-state index in [0.717, 1.165) is 28.7 Å². The molecule has 0 amide bonds. The van der Waals surface area contributed by atoms with Gasteiger partial charge >= 0.3 is 0 Å². The number of hydrogen-bond donors (Lipinski definition) is 1. The Kier molecular flexibility index (Phi) is 5.99. The van der Waals surface area contributed by atoms with Crippen molar-refractivity contribution in [2.45, 2.75) is 13.0 Å². The van der Waals surface area contributed by atoms with E-state index in [9.17, 15) is 0 Å². The number of ether oxygens (including phenoxy) is 3. The molecule has 0 heterocycles. The zero-order chi connectivity index (χ0) is 18.2. The molecule has 3 aromatic carbocycles. The highest BCUT2D eigenvalue weighted by atomic mass is 16.5. The van der Waals surface area contributed by atoms with Gasteiger partial charge in [0, 0.05) is 5.69 Å². The zero-order valence-corrected chi connectivity index (χ0v) is 15.0. The number of para-hydroxylation sites is 3. The van der Waals surface area contributed by atoms with Crippen molar-refractivity contribution in [2.75, 3.05) is 19.0 Å². The molecule has 3 aromatic rings. The predicted octanol–water partition coefficient (Wildman–Crippen LogP) is 5.37. The van der Waals surface area contributed by atoms with Gasteiger partial charge in [-0.25, -0.2) is 0 Å². The Morgan fingerprint density at radius 1 is 0.769 bits per heavy atom. The average Bonchev–Trinajstić information content (AvgIpc) is 2.69. The predicted molar refractivity (Wildman–Crippen MR) is 105 cm³/mol. The summed E-state index contributed by atoms with van der Waals surface area (Å²) in [7, 11) is 1.64. The smallest absolute Gasteiger partial charge is 0.161 e. The van der Waals surface area contributed by atoms with Crippen LogP contribution in [0.3, 0.4) is 0 Å². The Morgan fingerprint density at radius 2 is 1.38 bits per heavy atom. The third kappa shape index (κ3) is 4.93. The monoisotopic (exact) mass is 349 g/mol. The fourth-order valence-corrected chi connectivity index (χ4v) is 2.50. The first-order valence-electron chi connectivity index (χ1n) is 8.61. The Bertz CT molecular complexity index is 803. The van der Waals surface area contributed by atoms with Gasteiger partial charge in [-0.3, -0.25) is 0 Å². The Morgan fingerprint density at radius 3 is 2.08 bits per heavy atom. The molecule has 1 unspecified atom stereocenters. The molecule has 0 aliphatic carbocycles. The van der Waals surface area contributed by atoms with Crippen LogP contribution in [-0.2, 0) is 0 Å². The second-order valence-corrected chi connectivity index (χ2v) is 5.90. The fourth-order valence-electron chi connectivity index (χ4n) is 2.50. The largest absolute Gasteiger partial charge is 0.493 e.